The lowest BCUT2D eigenvalue weighted by Crippen LogP contribution is -2.25. The van der Waals surface area contributed by atoms with Crippen LogP contribution in [-0.2, 0) is 12.3 Å². The molecular weight excluding hydrogens is 396 g/mol. The van der Waals surface area contributed by atoms with E-state index in [0.29, 0.717) is 11.1 Å². The van der Waals surface area contributed by atoms with Gasteiger partial charge >= 0.3 is 12.6 Å². The molecule has 2 aromatic carbocycles. The summed E-state index contributed by atoms with van der Waals surface area (Å²) in [6, 6.07) is 10.7. The number of halogens is 5. The maximum absolute atomic E-state index is 12.5. The first-order valence-electron chi connectivity index (χ1n) is 7.42. The number of fused-ring (bicyclic) bond motifs is 2. The van der Waals surface area contributed by atoms with Crippen LogP contribution in [0, 0.1) is 11.3 Å². The lowest BCUT2D eigenvalue weighted by molar-refractivity contribution is -0.287. The summed E-state index contributed by atoms with van der Waals surface area (Å²) in [7, 11) is 0. The summed E-state index contributed by atoms with van der Waals surface area (Å²) in [4.78, 5) is 0. The van der Waals surface area contributed by atoms with Gasteiger partial charge in [0, 0.05) is 5.88 Å². The van der Waals surface area contributed by atoms with Crippen LogP contribution in [0.4, 0.5) is 17.6 Å². The second kappa shape index (κ2) is 7.04. The zero-order valence-corrected chi connectivity index (χ0v) is 14.1. The van der Waals surface area contributed by atoms with Gasteiger partial charge < -0.3 is 18.9 Å². The van der Waals surface area contributed by atoms with Crippen LogP contribution in [-0.4, -0.2) is 12.6 Å². The molecule has 0 fully saturated rings. The number of alkyl halides is 5. The Bertz CT molecular complexity index is 901. The number of rotatable bonds is 2. The fourth-order valence-corrected chi connectivity index (χ4v) is 2.44. The van der Waals surface area contributed by atoms with Gasteiger partial charge in [0.1, 0.15) is 0 Å². The third kappa shape index (κ3) is 4.46. The van der Waals surface area contributed by atoms with E-state index in [0.717, 1.165) is 0 Å². The Hall–Kier alpha value is -2.86. The zero-order chi connectivity index (χ0) is 19.7. The lowest BCUT2D eigenvalue weighted by Gasteiger charge is -2.04. The van der Waals surface area contributed by atoms with Gasteiger partial charge in [-0.1, -0.05) is 12.1 Å². The molecule has 27 heavy (non-hydrogen) atoms. The second-order valence-electron chi connectivity index (χ2n) is 5.37. The lowest BCUT2D eigenvalue weighted by atomic mass is 10.2. The maximum Gasteiger partial charge on any atom is 0.586 e. The van der Waals surface area contributed by atoms with E-state index < -0.39 is 12.6 Å². The number of hydrogen-bond donors (Lipinski definition) is 0. The summed E-state index contributed by atoms with van der Waals surface area (Å²) in [6.45, 7) is 0. The molecule has 2 heterocycles. The predicted octanol–water partition coefficient (Wildman–Crippen LogP) is 4.82. The molecule has 0 bridgehead atoms. The third-order valence-corrected chi connectivity index (χ3v) is 3.68. The van der Waals surface area contributed by atoms with E-state index in [1.54, 1.807) is 12.1 Å². The van der Waals surface area contributed by atoms with E-state index in [-0.39, 0.29) is 35.3 Å². The Morgan fingerprint density at radius 2 is 1.22 bits per heavy atom. The Balaban J connectivity index is 0.000000156. The van der Waals surface area contributed by atoms with E-state index in [9.17, 15) is 17.6 Å². The van der Waals surface area contributed by atoms with Crippen molar-refractivity contribution in [1.82, 2.24) is 0 Å². The van der Waals surface area contributed by atoms with Crippen molar-refractivity contribution in [1.29, 1.82) is 5.26 Å². The number of nitriles is 1. The number of benzene rings is 2. The highest BCUT2D eigenvalue weighted by Gasteiger charge is 2.44. The molecule has 10 heteroatoms. The van der Waals surface area contributed by atoms with E-state index in [4.69, 9.17) is 16.9 Å². The van der Waals surface area contributed by atoms with Crippen molar-refractivity contribution >= 4 is 11.6 Å². The summed E-state index contributed by atoms with van der Waals surface area (Å²) in [5, 5.41) is 8.40. The van der Waals surface area contributed by atoms with Crippen LogP contribution >= 0.6 is 11.6 Å². The van der Waals surface area contributed by atoms with Crippen LogP contribution in [0.5, 0.6) is 23.0 Å². The van der Waals surface area contributed by atoms with Crippen molar-refractivity contribution in [3.05, 3.63) is 47.5 Å². The van der Waals surface area contributed by atoms with Gasteiger partial charge in [-0.3, -0.25) is 0 Å². The van der Waals surface area contributed by atoms with Crippen LogP contribution in [0.1, 0.15) is 11.1 Å². The van der Waals surface area contributed by atoms with Crippen LogP contribution in [0.15, 0.2) is 36.4 Å². The van der Waals surface area contributed by atoms with Crippen molar-refractivity contribution in [3.8, 4) is 29.1 Å². The topological polar surface area (TPSA) is 60.7 Å². The van der Waals surface area contributed by atoms with Gasteiger partial charge in [0.25, 0.3) is 0 Å². The zero-order valence-electron chi connectivity index (χ0n) is 13.3. The molecule has 2 aromatic rings. The molecule has 0 amide bonds. The fraction of sp³-hybridized carbons (Fsp3) is 0.235. The van der Waals surface area contributed by atoms with Crippen molar-refractivity contribution in [3.63, 3.8) is 0 Å². The van der Waals surface area contributed by atoms with Gasteiger partial charge in [-0.2, -0.15) is 5.26 Å². The first-order valence-corrected chi connectivity index (χ1v) is 7.95. The molecule has 0 saturated heterocycles. The molecule has 0 unspecified atom stereocenters. The van der Waals surface area contributed by atoms with Gasteiger partial charge in [0.2, 0.25) is 0 Å². The highest BCUT2D eigenvalue weighted by atomic mass is 35.5. The summed E-state index contributed by atoms with van der Waals surface area (Å²) < 4.78 is 66.9. The monoisotopic (exact) mass is 405 g/mol. The first-order chi connectivity index (χ1) is 12.7. The molecule has 4 rings (SSSR count). The van der Waals surface area contributed by atoms with E-state index in [1.165, 1.54) is 24.3 Å². The Kier molecular flexibility index (Phi) is 4.93. The average Bonchev–Trinajstić information content (AvgIpc) is 3.06. The third-order valence-electron chi connectivity index (χ3n) is 3.37. The first kappa shape index (κ1) is 18.9. The molecule has 142 valence electrons. The summed E-state index contributed by atoms with van der Waals surface area (Å²) in [5.41, 5.74) is 1.33. The molecule has 0 atom stereocenters. The standard InChI is InChI=1S/C9H5F2NO2.C8H5ClF2O2/c10-9(11)13-7-2-1-6(3-4-12)5-8(7)14-9;9-4-5-1-2-6-7(3-5)13-8(10,11)12-6/h1-2,5H,3H2;1-3H,4H2/i4+2;. The fourth-order valence-electron chi connectivity index (χ4n) is 2.27. The van der Waals surface area contributed by atoms with Gasteiger partial charge in [-0.25, -0.2) is 0 Å². The van der Waals surface area contributed by atoms with E-state index >= 15 is 0 Å². The average molecular weight is 406 g/mol. The van der Waals surface area contributed by atoms with E-state index in [1.807, 2.05) is 6.07 Å². The largest absolute Gasteiger partial charge is 0.586 e. The van der Waals surface area contributed by atoms with Crippen LogP contribution in [0.3, 0.4) is 0 Å². The summed E-state index contributed by atoms with van der Waals surface area (Å²) >= 11 is 5.52. The minimum atomic E-state index is -3.59. The molecule has 0 saturated carbocycles. The van der Waals surface area contributed by atoms with Crippen molar-refractivity contribution in [2.45, 2.75) is 24.9 Å². The molecule has 0 aromatic heterocycles. The molecule has 5 nitrogen and oxygen atoms in total. The van der Waals surface area contributed by atoms with Crippen molar-refractivity contribution < 1.29 is 36.5 Å². The molecule has 2 aliphatic heterocycles. The number of ether oxygens (including phenoxy) is 4. The normalized spacial score (nSPS) is 16.9. The molecule has 0 N–H and O–H groups in total. The van der Waals surface area contributed by atoms with E-state index in [2.05, 4.69) is 18.9 Å². The van der Waals surface area contributed by atoms with Gasteiger partial charge in [-0.05, 0) is 35.4 Å². The number of hydrogen-bond acceptors (Lipinski definition) is 5. The minimum absolute atomic E-state index is 0.00307. The van der Waals surface area contributed by atoms with Gasteiger partial charge in [0.05, 0.1) is 12.5 Å². The molecule has 0 aliphatic carbocycles. The molecular formula is C17H10ClF4NO4. The molecule has 2 aliphatic rings. The second-order valence-corrected chi connectivity index (χ2v) is 5.63. The smallest absolute Gasteiger partial charge is 0.395 e. The Morgan fingerprint density at radius 1 is 0.778 bits per heavy atom. The highest BCUT2D eigenvalue weighted by Crippen LogP contribution is 2.42. The van der Waals surface area contributed by atoms with Crippen molar-refractivity contribution in [2.24, 2.45) is 0 Å². The van der Waals surface area contributed by atoms with Gasteiger partial charge in [-0.15, -0.1) is 29.2 Å². The minimum Gasteiger partial charge on any atom is -0.395 e. The Labute approximate surface area is 155 Å². The summed E-state index contributed by atoms with van der Waals surface area (Å²) in [6.07, 6.45) is -6.98. The summed E-state index contributed by atoms with van der Waals surface area (Å²) in [5.74, 6) is 0.295. The molecule has 0 radical (unpaired) electrons. The quantitative estimate of drug-likeness (QED) is 0.529. The highest BCUT2D eigenvalue weighted by molar-refractivity contribution is 6.17. The maximum atomic E-state index is 12.5. The van der Waals surface area contributed by atoms with Crippen LogP contribution < -0.4 is 18.9 Å². The molecule has 0 spiro atoms. The van der Waals surface area contributed by atoms with Gasteiger partial charge in [0.15, 0.2) is 23.0 Å². The van der Waals surface area contributed by atoms with Crippen molar-refractivity contribution in [2.75, 3.05) is 0 Å². The van der Waals surface area contributed by atoms with Crippen LogP contribution in [0.2, 0.25) is 0 Å². The van der Waals surface area contributed by atoms with Crippen LogP contribution in [0.25, 0.3) is 0 Å². The SMILES string of the molecule is FC1(F)Oc2ccc(CCl)cc2O1.N#[14C]Cc1ccc2c(c1)OC(F)(F)O2. The predicted molar refractivity (Wildman–Crippen MR) is 84.2 cm³/mol. The Morgan fingerprint density at radius 3 is 1.70 bits per heavy atom. The number of nitrogens with zero attached hydrogens (tertiary/aromatic N) is 1.